The molecule has 2 aromatic heterocycles. The second-order valence-electron chi connectivity index (χ2n) is 9.69. The highest BCUT2D eigenvalue weighted by atomic mass is 32.1. The minimum Gasteiger partial charge on any atom is -0.450 e. The Labute approximate surface area is 195 Å². The van der Waals surface area contributed by atoms with Gasteiger partial charge in [-0.25, -0.2) is 19.2 Å². The van der Waals surface area contributed by atoms with Gasteiger partial charge in [0.15, 0.2) is 0 Å². The molecule has 6 rings (SSSR count). The highest BCUT2D eigenvalue weighted by Crippen LogP contribution is 2.58. The summed E-state index contributed by atoms with van der Waals surface area (Å²) in [6.45, 7) is 1.62. The fourth-order valence-electron chi connectivity index (χ4n) is 5.65. The Kier molecular flexibility index (Phi) is 5.10. The number of thiazole rings is 1. The lowest BCUT2D eigenvalue weighted by atomic mass is 9.84. The van der Waals surface area contributed by atoms with E-state index in [0.717, 1.165) is 21.8 Å². The van der Waals surface area contributed by atoms with Crippen molar-refractivity contribution in [3.63, 3.8) is 0 Å². The maximum Gasteiger partial charge on any atom is 0.506 e. The van der Waals surface area contributed by atoms with Crippen molar-refractivity contribution < 1.29 is 19.0 Å². The van der Waals surface area contributed by atoms with E-state index in [1.54, 1.807) is 12.1 Å². The van der Waals surface area contributed by atoms with Crippen LogP contribution in [-0.2, 0) is 16.7 Å². The molecule has 0 unspecified atom stereocenters. The summed E-state index contributed by atoms with van der Waals surface area (Å²) in [5.41, 5.74) is 3.64. The Balaban J connectivity index is 1.19. The van der Waals surface area contributed by atoms with Gasteiger partial charge in [0.05, 0.1) is 0 Å². The van der Waals surface area contributed by atoms with E-state index in [1.807, 2.05) is 11.0 Å². The van der Waals surface area contributed by atoms with Crippen molar-refractivity contribution in [1.29, 1.82) is 0 Å². The molecule has 0 radical (unpaired) electrons. The van der Waals surface area contributed by atoms with E-state index in [0.29, 0.717) is 30.2 Å². The van der Waals surface area contributed by atoms with Gasteiger partial charge >= 0.3 is 6.16 Å². The summed E-state index contributed by atoms with van der Waals surface area (Å²) in [6, 6.07) is 9.44. The fourth-order valence-corrected chi connectivity index (χ4v) is 6.62. The summed E-state index contributed by atoms with van der Waals surface area (Å²) < 4.78 is 19.7. The highest BCUT2D eigenvalue weighted by Gasteiger charge is 2.52. The van der Waals surface area contributed by atoms with Crippen LogP contribution < -0.4 is 0 Å². The monoisotopic (exact) mass is 467 g/mol. The Morgan fingerprint density at radius 2 is 1.97 bits per heavy atom. The van der Waals surface area contributed by atoms with Gasteiger partial charge < -0.3 is 9.84 Å². The van der Waals surface area contributed by atoms with Crippen LogP contribution in [0.5, 0.6) is 0 Å². The van der Waals surface area contributed by atoms with Crippen LogP contribution in [0.4, 0.5) is 9.18 Å². The first-order valence-corrected chi connectivity index (χ1v) is 12.5. The van der Waals surface area contributed by atoms with Crippen LogP contribution in [0.25, 0.3) is 20.9 Å². The lowest BCUT2D eigenvalue weighted by Gasteiger charge is -2.37. The number of nitrogens with zero attached hydrogens (tertiary/aromatic N) is 3. The molecule has 8 heteroatoms. The van der Waals surface area contributed by atoms with E-state index >= 15 is 0 Å². The summed E-state index contributed by atoms with van der Waals surface area (Å²) in [6.07, 6.45) is 6.22. The van der Waals surface area contributed by atoms with E-state index < -0.39 is 6.16 Å². The van der Waals surface area contributed by atoms with Gasteiger partial charge in [-0.3, -0.25) is 4.90 Å². The number of ether oxygens (including phenoxy) is 1. The number of rotatable bonds is 6. The first kappa shape index (κ1) is 21.0. The molecule has 3 fully saturated rings. The van der Waals surface area contributed by atoms with Crippen LogP contribution in [0.2, 0.25) is 0 Å². The number of pyridine rings is 1. The molecule has 0 amide bonds. The first-order chi connectivity index (χ1) is 16.0. The largest absolute Gasteiger partial charge is 0.506 e. The Hall–Kier alpha value is -2.58. The highest BCUT2D eigenvalue weighted by molar-refractivity contribution is 7.21. The molecule has 3 heterocycles. The zero-order valence-electron chi connectivity index (χ0n) is 18.3. The van der Waals surface area contributed by atoms with Gasteiger partial charge in [-0.15, -0.1) is 0 Å². The zero-order valence-corrected chi connectivity index (χ0v) is 19.1. The predicted octanol–water partition coefficient (Wildman–Crippen LogP) is 5.60. The Bertz CT molecular complexity index is 1210. The number of carboxylic acid groups (broad SMARTS) is 1. The number of carbonyl (C=O) groups is 1. The first-order valence-electron chi connectivity index (χ1n) is 11.7. The van der Waals surface area contributed by atoms with Crippen molar-refractivity contribution in [3.8, 4) is 10.6 Å². The minimum absolute atomic E-state index is 0.271. The Morgan fingerprint density at radius 3 is 2.67 bits per heavy atom. The molecule has 1 saturated heterocycles. The number of benzene rings is 1. The molecule has 2 saturated carbocycles. The Morgan fingerprint density at radius 1 is 1.18 bits per heavy atom. The summed E-state index contributed by atoms with van der Waals surface area (Å²) in [5, 5.41) is 9.32. The molecule has 33 heavy (non-hydrogen) atoms. The maximum absolute atomic E-state index is 15.0. The van der Waals surface area contributed by atoms with Gasteiger partial charge in [-0.1, -0.05) is 30.2 Å². The minimum atomic E-state index is -1.25. The van der Waals surface area contributed by atoms with Crippen LogP contribution in [0, 0.1) is 11.7 Å². The van der Waals surface area contributed by atoms with Gasteiger partial charge in [-0.2, -0.15) is 0 Å². The predicted molar refractivity (Wildman–Crippen MR) is 124 cm³/mol. The molecule has 2 aliphatic carbocycles. The van der Waals surface area contributed by atoms with Crippen molar-refractivity contribution in [2.24, 2.45) is 5.92 Å². The topological polar surface area (TPSA) is 75.6 Å². The maximum atomic E-state index is 15.0. The van der Waals surface area contributed by atoms with Gasteiger partial charge in [0, 0.05) is 36.3 Å². The lowest BCUT2D eigenvalue weighted by Crippen LogP contribution is -2.52. The lowest BCUT2D eigenvalue weighted by molar-refractivity contribution is -0.0363. The fraction of sp³-hybridized carbons (Fsp3) is 0.480. The smallest absolute Gasteiger partial charge is 0.450 e. The number of hydrogen-bond donors (Lipinski definition) is 1. The van der Waals surface area contributed by atoms with Crippen molar-refractivity contribution in [2.75, 3.05) is 13.1 Å². The van der Waals surface area contributed by atoms with E-state index in [1.165, 1.54) is 55.6 Å². The van der Waals surface area contributed by atoms with Gasteiger partial charge in [0.2, 0.25) is 0 Å². The van der Waals surface area contributed by atoms with Gasteiger partial charge in [0.25, 0.3) is 0 Å². The van der Waals surface area contributed by atoms with Crippen LogP contribution >= 0.6 is 11.3 Å². The number of halogens is 1. The number of hydrogen-bond acceptors (Lipinski definition) is 6. The van der Waals surface area contributed by atoms with E-state index in [-0.39, 0.29) is 17.3 Å². The zero-order chi connectivity index (χ0) is 22.6. The average Bonchev–Trinajstić information content (AvgIpc) is 3.18. The van der Waals surface area contributed by atoms with Crippen LogP contribution in [-0.4, -0.2) is 45.3 Å². The normalized spacial score (nSPS) is 20.8. The third kappa shape index (κ3) is 3.89. The molecule has 0 spiro atoms. The molecular formula is C25H26FN3O3S. The van der Waals surface area contributed by atoms with Crippen LogP contribution in [0.15, 0.2) is 30.3 Å². The quantitative estimate of drug-likeness (QED) is 0.476. The van der Waals surface area contributed by atoms with Gasteiger partial charge in [-0.05, 0) is 61.4 Å². The molecule has 6 nitrogen and oxygen atoms in total. The summed E-state index contributed by atoms with van der Waals surface area (Å²) in [4.78, 5) is 23.2. The molecule has 0 bridgehead atoms. The second kappa shape index (κ2) is 8.02. The van der Waals surface area contributed by atoms with Crippen LogP contribution in [0.3, 0.4) is 0 Å². The number of likely N-dealkylation sites (tertiary alicyclic amines) is 1. The van der Waals surface area contributed by atoms with E-state index in [9.17, 15) is 9.18 Å². The average molecular weight is 468 g/mol. The van der Waals surface area contributed by atoms with Crippen molar-refractivity contribution in [1.82, 2.24) is 14.9 Å². The molecule has 1 aromatic carbocycles. The van der Waals surface area contributed by atoms with Crippen molar-refractivity contribution in [3.05, 3.63) is 47.4 Å². The standard InChI is InChI=1S/C25H26FN3O3S/c26-19-11-15(12-29-13-17(14-29)32-24(30)31)5-6-18(19)22-27-20-7-8-21(28-23(20)33-22)25(9-10-25)16-3-1-2-4-16/h5-8,11,16-17H,1-4,9-10,12-14H2,(H,30,31). The van der Waals surface area contributed by atoms with E-state index in [2.05, 4.69) is 17.1 Å². The van der Waals surface area contributed by atoms with Crippen molar-refractivity contribution >= 4 is 27.8 Å². The molecule has 1 N–H and O–H groups in total. The van der Waals surface area contributed by atoms with Crippen LogP contribution in [0.1, 0.15) is 49.8 Å². The molecule has 3 aliphatic rings. The molecule has 3 aromatic rings. The second-order valence-corrected chi connectivity index (χ2v) is 10.7. The number of aromatic nitrogens is 2. The van der Waals surface area contributed by atoms with E-state index in [4.69, 9.17) is 14.8 Å². The molecule has 172 valence electrons. The summed E-state index contributed by atoms with van der Waals surface area (Å²) in [7, 11) is 0. The van der Waals surface area contributed by atoms with Crippen molar-refractivity contribution in [2.45, 2.75) is 56.6 Å². The SMILES string of the molecule is O=C(O)OC1CN(Cc2ccc(-c3nc4ccc(C5(C6CCCC6)CC5)nc4s3)c(F)c2)C1. The number of fused-ring (bicyclic) bond motifs is 1. The third-order valence-corrected chi connectivity index (χ3v) is 8.55. The van der Waals surface area contributed by atoms with Gasteiger partial charge in [0.1, 0.15) is 27.3 Å². The molecule has 1 aliphatic heterocycles. The summed E-state index contributed by atoms with van der Waals surface area (Å²) >= 11 is 1.46. The third-order valence-electron chi connectivity index (χ3n) is 7.55. The molecule has 0 atom stereocenters. The summed E-state index contributed by atoms with van der Waals surface area (Å²) in [5.74, 6) is 0.465. The molecular weight excluding hydrogens is 441 g/mol.